The van der Waals surface area contributed by atoms with Crippen molar-refractivity contribution in [2.45, 2.75) is 29.1 Å². The van der Waals surface area contributed by atoms with Gasteiger partial charge in [-0.15, -0.1) is 0 Å². The zero-order chi connectivity index (χ0) is 32.2. The highest BCUT2D eigenvalue weighted by molar-refractivity contribution is 7.99. The van der Waals surface area contributed by atoms with E-state index in [0.717, 1.165) is 39.6 Å². The Kier molecular flexibility index (Phi) is 6.70. The number of hydrogen-bond acceptors (Lipinski definition) is 5. The largest absolute Gasteiger partial charge is 0.308 e. The molecule has 0 bridgehead atoms. The topological polar surface area (TPSA) is 32.3 Å². The number of fused-ring (bicyclic) bond motifs is 4. The van der Waals surface area contributed by atoms with Gasteiger partial charge in [0.25, 0.3) is 0 Å². The molecule has 0 saturated carbocycles. The molecule has 0 fully saturated rings. The van der Waals surface area contributed by atoms with Gasteiger partial charge in [-0.3, -0.25) is 4.90 Å². The quantitative estimate of drug-likeness (QED) is 0.192. The first-order chi connectivity index (χ1) is 23.6. The Morgan fingerprint density at radius 1 is 0.458 bits per heavy atom. The number of benzene rings is 6. The molecule has 3 heterocycles. The fourth-order valence-electron chi connectivity index (χ4n) is 7.07. The first-order valence-electron chi connectivity index (χ1n) is 16.3. The van der Waals surface area contributed by atoms with E-state index in [1.807, 2.05) is 23.9 Å². The van der Waals surface area contributed by atoms with Crippen molar-refractivity contribution in [1.82, 2.24) is 9.97 Å². The molecule has 0 amide bonds. The predicted molar refractivity (Wildman–Crippen MR) is 199 cm³/mol. The summed E-state index contributed by atoms with van der Waals surface area (Å²) < 4.78 is 0. The molecule has 4 nitrogen and oxygen atoms in total. The summed E-state index contributed by atoms with van der Waals surface area (Å²) in [6.45, 7) is 4.67. The smallest absolute Gasteiger partial charge is 0.235 e. The van der Waals surface area contributed by atoms with Crippen LogP contribution in [-0.2, 0) is 5.41 Å². The van der Waals surface area contributed by atoms with Gasteiger partial charge >= 0.3 is 0 Å². The summed E-state index contributed by atoms with van der Waals surface area (Å²) >= 11 is 1.82. The molecule has 5 heteroatoms. The summed E-state index contributed by atoms with van der Waals surface area (Å²) in [7, 11) is 0. The summed E-state index contributed by atoms with van der Waals surface area (Å²) in [5, 5.41) is 0. The van der Waals surface area contributed by atoms with E-state index in [4.69, 9.17) is 9.97 Å². The standard InChI is InChI=1S/C43H32N4S/c1-43(2)32-22-12-13-23-36(32)47(42-44-34(29-16-6-3-7-17-29)27-35(45-42)30-18-8-4-9-19-30)38-28-41-39(26-33(38)43)46(31-20-10-5-11-21-31)37-24-14-15-25-40(37)48-41/h3-28H,1-2H3. The predicted octanol–water partition coefficient (Wildman–Crippen LogP) is 11.9. The zero-order valence-electron chi connectivity index (χ0n) is 26.7. The Balaban J connectivity index is 1.31. The van der Waals surface area contributed by atoms with E-state index in [2.05, 4.69) is 169 Å². The SMILES string of the molecule is CC1(C)c2ccccc2N(c2nc(-c3ccccc3)cc(-c3ccccc3)n2)c2cc3c(cc21)N(c1ccccc1)c1ccccc1S3. The van der Waals surface area contributed by atoms with Gasteiger partial charge in [0.15, 0.2) is 0 Å². The van der Waals surface area contributed by atoms with Crippen LogP contribution in [0.4, 0.5) is 34.4 Å². The second-order valence-electron chi connectivity index (χ2n) is 12.7. The van der Waals surface area contributed by atoms with Gasteiger partial charge in [-0.1, -0.05) is 135 Å². The number of nitrogens with zero attached hydrogens (tertiary/aromatic N) is 4. The van der Waals surface area contributed by atoms with Gasteiger partial charge in [-0.25, -0.2) is 9.97 Å². The Morgan fingerprint density at radius 2 is 1.02 bits per heavy atom. The summed E-state index contributed by atoms with van der Waals surface area (Å²) in [4.78, 5) is 17.7. The summed E-state index contributed by atoms with van der Waals surface area (Å²) in [5.41, 5.74) is 11.8. The minimum absolute atomic E-state index is 0.277. The van der Waals surface area contributed by atoms with Crippen LogP contribution in [0.15, 0.2) is 168 Å². The molecule has 0 radical (unpaired) electrons. The van der Waals surface area contributed by atoms with Crippen molar-refractivity contribution < 1.29 is 0 Å². The second kappa shape index (κ2) is 11.3. The Morgan fingerprint density at radius 3 is 1.69 bits per heavy atom. The molecule has 2 aliphatic rings. The van der Waals surface area contributed by atoms with Crippen molar-refractivity contribution >= 4 is 46.1 Å². The maximum Gasteiger partial charge on any atom is 0.235 e. The number of rotatable bonds is 4. The molecule has 230 valence electrons. The van der Waals surface area contributed by atoms with Crippen LogP contribution in [0.3, 0.4) is 0 Å². The van der Waals surface area contributed by atoms with Crippen molar-refractivity contribution in [3.63, 3.8) is 0 Å². The van der Waals surface area contributed by atoms with Gasteiger partial charge in [0.05, 0.1) is 34.1 Å². The molecule has 6 aromatic carbocycles. The van der Waals surface area contributed by atoms with Crippen molar-refractivity contribution in [3.8, 4) is 22.5 Å². The molecular weight excluding hydrogens is 605 g/mol. The number of anilines is 6. The second-order valence-corrected chi connectivity index (χ2v) is 13.8. The lowest BCUT2D eigenvalue weighted by atomic mass is 9.73. The maximum absolute atomic E-state index is 5.31. The molecule has 9 rings (SSSR count). The van der Waals surface area contributed by atoms with Crippen LogP contribution in [0.2, 0.25) is 0 Å². The monoisotopic (exact) mass is 636 g/mol. The van der Waals surface area contributed by atoms with Gasteiger partial charge in [-0.05, 0) is 59.7 Å². The van der Waals surface area contributed by atoms with E-state index in [1.54, 1.807) is 0 Å². The molecule has 0 saturated heterocycles. The van der Waals surface area contributed by atoms with E-state index >= 15 is 0 Å². The third-order valence-corrected chi connectivity index (χ3v) is 10.6. The average molecular weight is 637 g/mol. The Hall–Kier alpha value is -5.65. The first kappa shape index (κ1) is 28.6. The van der Waals surface area contributed by atoms with E-state index in [9.17, 15) is 0 Å². The minimum Gasteiger partial charge on any atom is -0.308 e. The lowest BCUT2D eigenvalue weighted by Gasteiger charge is -2.43. The highest BCUT2D eigenvalue weighted by atomic mass is 32.2. The number of hydrogen-bond donors (Lipinski definition) is 0. The Bertz CT molecular complexity index is 2240. The van der Waals surface area contributed by atoms with Gasteiger partial charge < -0.3 is 4.90 Å². The highest BCUT2D eigenvalue weighted by Gasteiger charge is 2.40. The van der Waals surface area contributed by atoms with Crippen LogP contribution in [0, 0.1) is 0 Å². The van der Waals surface area contributed by atoms with Gasteiger partial charge in [-0.2, -0.15) is 0 Å². The molecule has 48 heavy (non-hydrogen) atoms. The van der Waals surface area contributed by atoms with Crippen LogP contribution >= 0.6 is 11.8 Å². The summed E-state index contributed by atoms with van der Waals surface area (Å²) in [6.07, 6.45) is 0. The van der Waals surface area contributed by atoms with Gasteiger partial charge in [0.1, 0.15) is 0 Å². The zero-order valence-corrected chi connectivity index (χ0v) is 27.5. The van der Waals surface area contributed by atoms with Gasteiger partial charge in [0, 0.05) is 32.0 Å². The first-order valence-corrected chi connectivity index (χ1v) is 17.1. The van der Waals surface area contributed by atoms with E-state index in [0.29, 0.717) is 5.95 Å². The van der Waals surface area contributed by atoms with E-state index < -0.39 is 0 Å². The van der Waals surface area contributed by atoms with Crippen molar-refractivity contribution in [1.29, 1.82) is 0 Å². The van der Waals surface area contributed by atoms with Crippen molar-refractivity contribution in [2.24, 2.45) is 0 Å². The molecule has 0 atom stereocenters. The van der Waals surface area contributed by atoms with Crippen LogP contribution in [0.5, 0.6) is 0 Å². The van der Waals surface area contributed by atoms with E-state index in [1.165, 1.54) is 32.3 Å². The third-order valence-electron chi connectivity index (χ3n) is 9.44. The molecule has 0 aliphatic carbocycles. The molecule has 0 unspecified atom stereocenters. The van der Waals surface area contributed by atoms with Crippen LogP contribution in [0.25, 0.3) is 22.5 Å². The molecule has 0 N–H and O–H groups in total. The molecule has 1 aromatic heterocycles. The van der Waals surface area contributed by atoms with Crippen LogP contribution in [-0.4, -0.2) is 9.97 Å². The van der Waals surface area contributed by atoms with Gasteiger partial charge in [0.2, 0.25) is 5.95 Å². The molecular formula is C43H32N4S. The van der Waals surface area contributed by atoms with Crippen LogP contribution < -0.4 is 9.80 Å². The Labute approximate surface area is 285 Å². The normalized spacial score (nSPS) is 14.0. The van der Waals surface area contributed by atoms with Crippen molar-refractivity contribution in [2.75, 3.05) is 9.80 Å². The summed E-state index contributed by atoms with van der Waals surface area (Å²) in [5.74, 6) is 0.653. The molecule has 0 spiro atoms. The lowest BCUT2D eigenvalue weighted by Crippen LogP contribution is -2.32. The minimum atomic E-state index is -0.277. The maximum atomic E-state index is 5.31. The average Bonchev–Trinajstić information content (AvgIpc) is 3.14. The third kappa shape index (κ3) is 4.62. The fraction of sp³-hybridized carbons (Fsp3) is 0.0698. The molecule has 2 aliphatic heterocycles. The number of aromatic nitrogens is 2. The lowest BCUT2D eigenvalue weighted by molar-refractivity contribution is 0.630. The van der Waals surface area contributed by atoms with Crippen molar-refractivity contribution in [3.05, 3.63) is 169 Å². The molecule has 7 aromatic rings. The summed E-state index contributed by atoms with van der Waals surface area (Å²) in [6, 6.07) is 55.8. The fourth-order valence-corrected chi connectivity index (χ4v) is 8.14. The van der Waals surface area contributed by atoms with E-state index in [-0.39, 0.29) is 5.41 Å². The number of para-hydroxylation sites is 3. The van der Waals surface area contributed by atoms with Crippen LogP contribution in [0.1, 0.15) is 25.0 Å². The highest BCUT2D eigenvalue weighted by Crippen LogP contribution is 2.58.